The van der Waals surface area contributed by atoms with Gasteiger partial charge in [-0.15, -0.1) is 11.3 Å². The lowest BCUT2D eigenvalue weighted by Gasteiger charge is -2.32. The van der Waals surface area contributed by atoms with Crippen LogP contribution in [0, 0.1) is 25.2 Å². The summed E-state index contributed by atoms with van der Waals surface area (Å²) < 4.78 is 5.99. The van der Waals surface area contributed by atoms with Gasteiger partial charge in [0.2, 0.25) is 0 Å². The van der Waals surface area contributed by atoms with Crippen molar-refractivity contribution in [2.24, 2.45) is 17.1 Å². The molecule has 2 fully saturated rings. The molecule has 1 aromatic heterocycles. The van der Waals surface area contributed by atoms with Crippen molar-refractivity contribution in [3.63, 3.8) is 0 Å². The zero-order chi connectivity index (χ0) is 12.8. The minimum atomic E-state index is 0.151. The molecule has 1 saturated heterocycles. The minimum absolute atomic E-state index is 0.151. The number of nitrogens with two attached hydrogens (primary N) is 1. The Morgan fingerprint density at radius 1 is 1.44 bits per heavy atom. The number of hydrogen-bond acceptors (Lipinski definition) is 4. The predicted octanol–water partition coefficient (Wildman–Crippen LogP) is 2.45. The third-order valence-electron chi connectivity index (χ3n) is 4.53. The maximum absolute atomic E-state index is 6.11. The van der Waals surface area contributed by atoms with E-state index in [1.54, 1.807) is 0 Å². The Balaban J connectivity index is 1.82. The van der Waals surface area contributed by atoms with Crippen molar-refractivity contribution in [2.75, 3.05) is 13.2 Å². The summed E-state index contributed by atoms with van der Waals surface area (Å²) in [6, 6.07) is 0. The molecule has 1 aliphatic heterocycles. The first-order valence-corrected chi connectivity index (χ1v) is 7.71. The SMILES string of the molecule is Cc1nc(CC2(CN)CCOC2C2CC2)sc1C. The van der Waals surface area contributed by atoms with Crippen LogP contribution in [-0.4, -0.2) is 24.2 Å². The third-order valence-corrected chi connectivity index (χ3v) is 5.61. The number of rotatable bonds is 4. The van der Waals surface area contributed by atoms with E-state index in [-0.39, 0.29) is 5.41 Å². The van der Waals surface area contributed by atoms with Crippen LogP contribution >= 0.6 is 11.3 Å². The highest BCUT2D eigenvalue weighted by molar-refractivity contribution is 7.11. The second kappa shape index (κ2) is 4.58. The van der Waals surface area contributed by atoms with E-state index in [1.807, 2.05) is 11.3 Å². The number of aryl methyl sites for hydroxylation is 2. The van der Waals surface area contributed by atoms with Crippen molar-refractivity contribution in [1.29, 1.82) is 0 Å². The van der Waals surface area contributed by atoms with Crippen LogP contribution in [0.4, 0.5) is 0 Å². The standard InChI is InChI=1S/C14H22N2OS/c1-9-10(2)18-12(16-9)7-14(8-15)5-6-17-13(14)11-3-4-11/h11,13H,3-8,15H2,1-2H3. The molecule has 2 atom stereocenters. The lowest BCUT2D eigenvalue weighted by molar-refractivity contribution is 0.0344. The highest BCUT2D eigenvalue weighted by Gasteiger charge is 2.50. The molecule has 1 saturated carbocycles. The van der Waals surface area contributed by atoms with E-state index in [4.69, 9.17) is 10.5 Å². The second-order valence-electron chi connectivity index (χ2n) is 5.87. The van der Waals surface area contributed by atoms with E-state index >= 15 is 0 Å². The van der Waals surface area contributed by atoms with E-state index < -0.39 is 0 Å². The first-order valence-electron chi connectivity index (χ1n) is 6.89. The molecule has 3 nitrogen and oxygen atoms in total. The van der Waals surface area contributed by atoms with Crippen LogP contribution in [-0.2, 0) is 11.2 Å². The van der Waals surface area contributed by atoms with Crippen molar-refractivity contribution in [2.45, 2.75) is 45.6 Å². The maximum Gasteiger partial charge on any atom is 0.0937 e. The molecule has 0 spiro atoms. The Bertz CT molecular complexity index is 422. The second-order valence-corrected chi connectivity index (χ2v) is 7.16. The number of nitrogens with zero attached hydrogens (tertiary/aromatic N) is 1. The van der Waals surface area contributed by atoms with Gasteiger partial charge in [-0.3, -0.25) is 0 Å². The molecule has 2 unspecified atom stereocenters. The molecular formula is C14H22N2OS. The molecule has 2 heterocycles. The van der Waals surface area contributed by atoms with Gasteiger partial charge in [-0.2, -0.15) is 0 Å². The Morgan fingerprint density at radius 3 is 2.78 bits per heavy atom. The van der Waals surface area contributed by atoms with E-state index in [1.165, 1.54) is 28.4 Å². The van der Waals surface area contributed by atoms with E-state index in [2.05, 4.69) is 18.8 Å². The van der Waals surface area contributed by atoms with Gasteiger partial charge in [0, 0.05) is 29.9 Å². The molecule has 0 radical (unpaired) electrons. The van der Waals surface area contributed by atoms with Crippen LogP contribution in [0.15, 0.2) is 0 Å². The fourth-order valence-electron chi connectivity index (χ4n) is 3.14. The first-order chi connectivity index (χ1) is 8.64. The average molecular weight is 266 g/mol. The summed E-state index contributed by atoms with van der Waals surface area (Å²) in [5.41, 5.74) is 7.44. The molecule has 2 aliphatic rings. The van der Waals surface area contributed by atoms with Crippen LogP contribution in [0.5, 0.6) is 0 Å². The van der Waals surface area contributed by atoms with Gasteiger partial charge >= 0.3 is 0 Å². The van der Waals surface area contributed by atoms with Gasteiger partial charge in [0.05, 0.1) is 16.8 Å². The van der Waals surface area contributed by atoms with Crippen LogP contribution in [0.1, 0.15) is 34.8 Å². The molecule has 0 bridgehead atoms. The number of aromatic nitrogens is 1. The fraction of sp³-hybridized carbons (Fsp3) is 0.786. The summed E-state index contributed by atoms with van der Waals surface area (Å²) in [7, 11) is 0. The van der Waals surface area contributed by atoms with Gasteiger partial charge in [0.1, 0.15) is 0 Å². The topological polar surface area (TPSA) is 48.1 Å². The molecule has 100 valence electrons. The molecule has 0 aromatic carbocycles. The van der Waals surface area contributed by atoms with Gasteiger partial charge < -0.3 is 10.5 Å². The quantitative estimate of drug-likeness (QED) is 0.910. The van der Waals surface area contributed by atoms with Crippen LogP contribution in [0.3, 0.4) is 0 Å². The molecule has 4 heteroatoms. The zero-order valence-corrected chi connectivity index (χ0v) is 12.1. The van der Waals surface area contributed by atoms with Crippen LogP contribution < -0.4 is 5.73 Å². The summed E-state index contributed by atoms with van der Waals surface area (Å²) in [6.45, 7) is 5.84. The lowest BCUT2D eigenvalue weighted by Crippen LogP contribution is -2.41. The summed E-state index contributed by atoms with van der Waals surface area (Å²) in [4.78, 5) is 6.02. The van der Waals surface area contributed by atoms with E-state index in [0.29, 0.717) is 6.10 Å². The summed E-state index contributed by atoms with van der Waals surface area (Å²) in [5, 5.41) is 1.24. The van der Waals surface area contributed by atoms with E-state index in [9.17, 15) is 0 Å². The number of thiazole rings is 1. The molecule has 2 N–H and O–H groups in total. The summed E-state index contributed by atoms with van der Waals surface area (Å²) >= 11 is 1.83. The number of hydrogen-bond donors (Lipinski definition) is 1. The average Bonchev–Trinajstić information content (AvgIpc) is 3.03. The Hall–Kier alpha value is -0.450. The first kappa shape index (κ1) is 12.6. The van der Waals surface area contributed by atoms with Crippen molar-refractivity contribution < 1.29 is 4.74 Å². The van der Waals surface area contributed by atoms with Crippen molar-refractivity contribution in [1.82, 2.24) is 4.98 Å². The summed E-state index contributed by atoms with van der Waals surface area (Å²) in [6.07, 6.45) is 5.13. The predicted molar refractivity (Wildman–Crippen MR) is 73.9 cm³/mol. The molecular weight excluding hydrogens is 244 g/mol. The smallest absolute Gasteiger partial charge is 0.0937 e. The van der Waals surface area contributed by atoms with Crippen LogP contribution in [0.25, 0.3) is 0 Å². The number of ether oxygens (including phenoxy) is 1. The highest BCUT2D eigenvalue weighted by Crippen LogP contribution is 2.49. The van der Waals surface area contributed by atoms with Gasteiger partial charge in [-0.05, 0) is 39.0 Å². The van der Waals surface area contributed by atoms with E-state index in [0.717, 1.165) is 31.9 Å². The third kappa shape index (κ3) is 2.10. The molecule has 1 aromatic rings. The molecule has 1 aliphatic carbocycles. The van der Waals surface area contributed by atoms with Crippen molar-refractivity contribution in [3.8, 4) is 0 Å². The van der Waals surface area contributed by atoms with Crippen molar-refractivity contribution >= 4 is 11.3 Å². The Labute approximate surface area is 113 Å². The van der Waals surface area contributed by atoms with Gasteiger partial charge in [-0.25, -0.2) is 4.98 Å². The molecule has 0 amide bonds. The Kier molecular flexibility index (Phi) is 3.20. The lowest BCUT2D eigenvalue weighted by atomic mass is 9.76. The highest BCUT2D eigenvalue weighted by atomic mass is 32.1. The molecule has 3 rings (SSSR count). The van der Waals surface area contributed by atoms with Gasteiger partial charge in [-0.1, -0.05) is 0 Å². The van der Waals surface area contributed by atoms with Crippen molar-refractivity contribution in [3.05, 3.63) is 15.6 Å². The largest absolute Gasteiger partial charge is 0.377 e. The fourth-order valence-corrected chi connectivity index (χ4v) is 4.23. The molecule has 18 heavy (non-hydrogen) atoms. The van der Waals surface area contributed by atoms with Crippen LogP contribution in [0.2, 0.25) is 0 Å². The summed E-state index contributed by atoms with van der Waals surface area (Å²) in [5.74, 6) is 0.762. The Morgan fingerprint density at radius 2 is 2.22 bits per heavy atom. The zero-order valence-electron chi connectivity index (χ0n) is 11.2. The normalized spacial score (nSPS) is 32.1. The minimum Gasteiger partial charge on any atom is -0.377 e. The van der Waals surface area contributed by atoms with Gasteiger partial charge in [0.25, 0.3) is 0 Å². The monoisotopic (exact) mass is 266 g/mol. The maximum atomic E-state index is 6.11. The van der Waals surface area contributed by atoms with Gasteiger partial charge in [0.15, 0.2) is 0 Å².